The van der Waals surface area contributed by atoms with Gasteiger partial charge in [-0.05, 0) is 19.8 Å². The molecule has 0 amide bonds. The van der Waals surface area contributed by atoms with Crippen molar-refractivity contribution in [1.82, 2.24) is 14.6 Å². The Balaban J connectivity index is 1.92. The first-order valence-corrected chi connectivity index (χ1v) is 7.63. The highest BCUT2D eigenvalue weighted by molar-refractivity contribution is 6.29. The molecule has 3 rings (SSSR count). The number of nitrogens with zero attached hydrogens (tertiary/aromatic N) is 3. The fraction of sp³-hybridized carbons (Fsp3) is 0.500. The number of anilines is 1. The van der Waals surface area contributed by atoms with E-state index in [0.717, 1.165) is 26.1 Å². The number of fused-ring (bicyclic) bond motifs is 1. The minimum Gasteiger partial charge on any atom is -0.461 e. The first-order chi connectivity index (χ1) is 10.7. The monoisotopic (exact) mass is 324 g/mol. The standard InChI is InChI=1S/C14H17ClN4O3/c1-2-22-14(20)10-7-12-17-11(15)8-13(19(12)18-10)16-9-3-5-21-6-4-9/h7-9,16H,2-6H2,1H3. The molecule has 0 unspecified atom stereocenters. The molecule has 3 heterocycles. The summed E-state index contributed by atoms with van der Waals surface area (Å²) in [7, 11) is 0. The molecule has 0 spiro atoms. The average molecular weight is 325 g/mol. The van der Waals surface area contributed by atoms with Crippen molar-refractivity contribution in [2.24, 2.45) is 0 Å². The van der Waals surface area contributed by atoms with E-state index in [9.17, 15) is 4.79 Å². The molecule has 1 fully saturated rings. The van der Waals surface area contributed by atoms with Gasteiger partial charge in [0.2, 0.25) is 0 Å². The molecule has 1 saturated heterocycles. The van der Waals surface area contributed by atoms with Crippen LogP contribution in [-0.2, 0) is 9.47 Å². The van der Waals surface area contributed by atoms with Crippen LogP contribution in [0.1, 0.15) is 30.3 Å². The number of nitrogens with one attached hydrogen (secondary N) is 1. The van der Waals surface area contributed by atoms with E-state index in [1.165, 1.54) is 0 Å². The molecular formula is C14H17ClN4O3. The first kappa shape index (κ1) is 15.1. The lowest BCUT2D eigenvalue weighted by molar-refractivity contribution is 0.0519. The SMILES string of the molecule is CCOC(=O)c1cc2nc(Cl)cc(NC3CCOCC3)n2n1. The number of esters is 1. The molecule has 0 radical (unpaired) electrons. The molecular weight excluding hydrogens is 308 g/mol. The lowest BCUT2D eigenvalue weighted by Gasteiger charge is -2.24. The summed E-state index contributed by atoms with van der Waals surface area (Å²) in [5.41, 5.74) is 0.719. The summed E-state index contributed by atoms with van der Waals surface area (Å²) < 4.78 is 11.9. The maximum atomic E-state index is 11.8. The van der Waals surface area contributed by atoms with Crippen molar-refractivity contribution in [3.8, 4) is 0 Å². The van der Waals surface area contributed by atoms with Gasteiger partial charge in [-0.25, -0.2) is 9.78 Å². The van der Waals surface area contributed by atoms with Gasteiger partial charge in [0.15, 0.2) is 11.3 Å². The van der Waals surface area contributed by atoms with Crippen molar-refractivity contribution in [1.29, 1.82) is 0 Å². The predicted octanol–water partition coefficient (Wildman–Crippen LogP) is 2.15. The molecule has 1 N–H and O–H groups in total. The molecule has 0 aromatic carbocycles. The van der Waals surface area contributed by atoms with E-state index < -0.39 is 5.97 Å². The third-order valence-electron chi connectivity index (χ3n) is 3.45. The van der Waals surface area contributed by atoms with E-state index in [4.69, 9.17) is 21.1 Å². The van der Waals surface area contributed by atoms with Gasteiger partial charge >= 0.3 is 5.97 Å². The van der Waals surface area contributed by atoms with Gasteiger partial charge in [-0.2, -0.15) is 9.61 Å². The van der Waals surface area contributed by atoms with Crippen LogP contribution in [0.15, 0.2) is 12.1 Å². The maximum absolute atomic E-state index is 11.8. The number of rotatable bonds is 4. The Morgan fingerprint density at radius 3 is 3.00 bits per heavy atom. The van der Waals surface area contributed by atoms with Gasteiger partial charge in [0.05, 0.1) is 6.61 Å². The molecule has 0 saturated carbocycles. The predicted molar refractivity (Wildman–Crippen MR) is 81.4 cm³/mol. The molecule has 2 aromatic heterocycles. The van der Waals surface area contributed by atoms with Gasteiger partial charge in [0.1, 0.15) is 11.0 Å². The molecule has 8 heteroatoms. The molecule has 0 atom stereocenters. The summed E-state index contributed by atoms with van der Waals surface area (Å²) in [6.45, 7) is 3.51. The molecule has 1 aliphatic heterocycles. The maximum Gasteiger partial charge on any atom is 0.358 e. The summed E-state index contributed by atoms with van der Waals surface area (Å²) in [4.78, 5) is 16.0. The Bertz CT molecular complexity index is 682. The van der Waals surface area contributed by atoms with Crippen molar-refractivity contribution in [2.75, 3.05) is 25.1 Å². The van der Waals surface area contributed by atoms with E-state index in [-0.39, 0.29) is 11.7 Å². The van der Waals surface area contributed by atoms with Crippen LogP contribution in [-0.4, -0.2) is 46.4 Å². The Kier molecular flexibility index (Phi) is 4.44. The van der Waals surface area contributed by atoms with Crippen LogP contribution in [0.3, 0.4) is 0 Å². The summed E-state index contributed by atoms with van der Waals surface area (Å²) >= 11 is 6.06. The Labute approximate surface area is 132 Å². The number of hydrogen-bond donors (Lipinski definition) is 1. The number of carbonyl (C=O) groups is 1. The summed E-state index contributed by atoms with van der Waals surface area (Å²) in [5.74, 6) is 0.235. The van der Waals surface area contributed by atoms with Crippen LogP contribution in [0.2, 0.25) is 5.15 Å². The second-order valence-corrected chi connectivity index (χ2v) is 5.40. The molecule has 118 valence electrons. The highest BCUT2D eigenvalue weighted by Gasteiger charge is 2.18. The minimum absolute atomic E-state index is 0.214. The Morgan fingerprint density at radius 1 is 1.50 bits per heavy atom. The summed E-state index contributed by atoms with van der Waals surface area (Å²) in [5, 5.41) is 8.00. The van der Waals surface area contributed by atoms with Crippen LogP contribution < -0.4 is 5.32 Å². The number of aromatic nitrogens is 3. The van der Waals surface area contributed by atoms with Gasteiger partial charge in [-0.15, -0.1) is 0 Å². The van der Waals surface area contributed by atoms with E-state index >= 15 is 0 Å². The smallest absolute Gasteiger partial charge is 0.358 e. The molecule has 2 aromatic rings. The second-order valence-electron chi connectivity index (χ2n) is 5.02. The van der Waals surface area contributed by atoms with Gasteiger partial charge in [-0.1, -0.05) is 11.6 Å². The van der Waals surface area contributed by atoms with Crippen molar-refractivity contribution < 1.29 is 14.3 Å². The first-order valence-electron chi connectivity index (χ1n) is 7.25. The lowest BCUT2D eigenvalue weighted by atomic mass is 10.1. The van der Waals surface area contributed by atoms with Gasteiger partial charge in [0.25, 0.3) is 0 Å². The number of carbonyl (C=O) groups excluding carboxylic acids is 1. The molecule has 0 aliphatic carbocycles. The Hall–Kier alpha value is -1.86. The van der Waals surface area contributed by atoms with Crippen LogP contribution >= 0.6 is 11.6 Å². The van der Waals surface area contributed by atoms with Gasteiger partial charge in [0, 0.05) is 31.4 Å². The number of hydrogen-bond acceptors (Lipinski definition) is 6. The van der Waals surface area contributed by atoms with Gasteiger partial charge in [-0.3, -0.25) is 0 Å². The molecule has 0 bridgehead atoms. The zero-order valence-corrected chi connectivity index (χ0v) is 13.0. The number of halogens is 1. The fourth-order valence-corrected chi connectivity index (χ4v) is 2.59. The van der Waals surface area contributed by atoms with Crippen molar-refractivity contribution >= 4 is 29.0 Å². The quantitative estimate of drug-likeness (QED) is 0.686. The zero-order valence-electron chi connectivity index (χ0n) is 12.2. The van der Waals surface area contributed by atoms with Crippen LogP contribution in [0.25, 0.3) is 5.65 Å². The van der Waals surface area contributed by atoms with Crippen LogP contribution in [0.4, 0.5) is 5.82 Å². The lowest BCUT2D eigenvalue weighted by Crippen LogP contribution is -2.28. The molecule has 1 aliphatic rings. The van der Waals surface area contributed by atoms with Crippen molar-refractivity contribution in [3.63, 3.8) is 0 Å². The van der Waals surface area contributed by atoms with Crippen LogP contribution in [0, 0.1) is 0 Å². The van der Waals surface area contributed by atoms with E-state index in [2.05, 4.69) is 15.4 Å². The number of ether oxygens (including phenoxy) is 2. The highest BCUT2D eigenvalue weighted by atomic mass is 35.5. The third-order valence-corrected chi connectivity index (χ3v) is 3.65. The highest BCUT2D eigenvalue weighted by Crippen LogP contribution is 2.20. The van der Waals surface area contributed by atoms with E-state index in [1.54, 1.807) is 23.6 Å². The minimum atomic E-state index is -0.471. The molecule has 22 heavy (non-hydrogen) atoms. The van der Waals surface area contributed by atoms with E-state index in [1.807, 2.05) is 0 Å². The third kappa shape index (κ3) is 3.15. The van der Waals surface area contributed by atoms with Gasteiger partial charge < -0.3 is 14.8 Å². The Morgan fingerprint density at radius 2 is 2.27 bits per heavy atom. The molecule has 7 nitrogen and oxygen atoms in total. The van der Waals surface area contributed by atoms with Crippen molar-refractivity contribution in [2.45, 2.75) is 25.8 Å². The summed E-state index contributed by atoms with van der Waals surface area (Å²) in [6, 6.07) is 3.55. The summed E-state index contributed by atoms with van der Waals surface area (Å²) in [6.07, 6.45) is 1.82. The topological polar surface area (TPSA) is 77.8 Å². The normalized spacial score (nSPS) is 15.9. The van der Waals surface area contributed by atoms with Crippen LogP contribution in [0.5, 0.6) is 0 Å². The largest absolute Gasteiger partial charge is 0.461 e. The fourth-order valence-electron chi connectivity index (χ4n) is 2.40. The average Bonchev–Trinajstić information content (AvgIpc) is 2.92. The second kappa shape index (κ2) is 6.50. The van der Waals surface area contributed by atoms with E-state index in [0.29, 0.717) is 23.2 Å². The zero-order chi connectivity index (χ0) is 15.5. The van der Waals surface area contributed by atoms with Crippen molar-refractivity contribution in [3.05, 3.63) is 23.0 Å².